The topological polar surface area (TPSA) is 87.3 Å². The van der Waals surface area contributed by atoms with E-state index < -0.39 is 0 Å². The van der Waals surface area contributed by atoms with E-state index in [2.05, 4.69) is 15.5 Å². The van der Waals surface area contributed by atoms with Crippen molar-refractivity contribution in [3.05, 3.63) is 52.6 Å². The van der Waals surface area contributed by atoms with Gasteiger partial charge in [0.25, 0.3) is 11.8 Å². The molecular formula is C18H21FN4O3. The van der Waals surface area contributed by atoms with Crippen molar-refractivity contribution in [1.82, 2.24) is 20.4 Å². The van der Waals surface area contributed by atoms with Gasteiger partial charge in [0.05, 0.1) is 6.54 Å². The van der Waals surface area contributed by atoms with Crippen LogP contribution in [0, 0.1) is 5.82 Å². The highest BCUT2D eigenvalue weighted by Gasteiger charge is 2.28. The van der Waals surface area contributed by atoms with Gasteiger partial charge in [-0.15, -0.1) is 0 Å². The fraction of sp³-hybridized carbons (Fsp3) is 0.389. The Bertz CT molecular complexity index is 788. The average Bonchev–Trinajstić information content (AvgIpc) is 3.08. The molecule has 2 aromatic rings. The molecule has 0 saturated carbocycles. The summed E-state index contributed by atoms with van der Waals surface area (Å²) >= 11 is 0. The lowest BCUT2D eigenvalue weighted by atomic mass is 10.0. The van der Waals surface area contributed by atoms with Gasteiger partial charge in [-0.05, 0) is 30.7 Å². The minimum atomic E-state index is -0.384. The normalized spacial score (nSPS) is 13.4. The summed E-state index contributed by atoms with van der Waals surface area (Å²) in [5.74, 6) is -0.845. The van der Waals surface area contributed by atoms with Crippen LogP contribution in [0.25, 0.3) is 0 Å². The summed E-state index contributed by atoms with van der Waals surface area (Å²) in [7, 11) is 1.61. The Morgan fingerprint density at radius 1 is 1.35 bits per heavy atom. The molecule has 0 spiro atoms. The van der Waals surface area contributed by atoms with Crippen LogP contribution < -0.4 is 5.32 Å². The van der Waals surface area contributed by atoms with Gasteiger partial charge in [-0.1, -0.05) is 0 Å². The van der Waals surface area contributed by atoms with Crippen molar-refractivity contribution in [3.8, 4) is 0 Å². The molecule has 0 bridgehead atoms. The zero-order chi connectivity index (χ0) is 18.5. The van der Waals surface area contributed by atoms with E-state index >= 15 is 0 Å². The number of amides is 2. The fourth-order valence-electron chi connectivity index (χ4n) is 2.93. The number of hydrogen-bond acceptors (Lipinski definition) is 4. The Balaban J connectivity index is 1.69. The zero-order valence-electron chi connectivity index (χ0n) is 14.5. The van der Waals surface area contributed by atoms with E-state index in [4.69, 9.17) is 4.74 Å². The molecule has 1 aliphatic heterocycles. The molecule has 1 aromatic heterocycles. The second-order valence-electron chi connectivity index (χ2n) is 6.12. The Morgan fingerprint density at radius 2 is 2.12 bits per heavy atom. The lowest BCUT2D eigenvalue weighted by Gasteiger charge is -2.27. The van der Waals surface area contributed by atoms with Gasteiger partial charge in [0.1, 0.15) is 5.82 Å². The summed E-state index contributed by atoms with van der Waals surface area (Å²) in [6.07, 6.45) is 1.30. The minimum absolute atomic E-state index is 0.191. The monoisotopic (exact) mass is 360 g/mol. The van der Waals surface area contributed by atoms with E-state index in [9.17, 15) is 14.0 Å². The third-order valence-corrected chi connectivity index (χ3v) is 4.34. The molecular weight excluding hydrogens is 339 g/mol. The van der Waals surface area contributed by atoms with Crippen LogP contribution in [0.4, 0.5) is 4.39 Å². The standard InChI is InChI=1S/C18H21FN4O3/c1-26-10-2-8-20-17(24)16-14-11-23(9-7-15(14)21-22-16)18(25)12-3-5-13(19)6-4-12/h3-6H,2,7-11H2,1H3,(H,20,24)(H,21,22). The maximum absolute atomic E-state index is 13.1. The molecule has 8 heteroatoms. The van der Waals surface area contributed by atoms with Crippen LogP contribution in [0.3, 0.4) is 0 Å². The van der Waals surface area contributed by atoms with Crippen LogP contribution in [-0.2, 0) is 17.7 Å². The second-order valence-corrected chi connectivity index (χ2v) is 6.12. The summed E-state index contributed by atoms with van der Waals surface area (Å²) in [6.45, 7) is 1.87. The smallest absolute Gasteiger partial charge is 0.272 e. The third kappa shape index (κ3) is 3.91. The van der Waals surface area contributed by atoms with Crippen LogP contribution in [0.15, 0.2) is 24.3 Å². The number of hydrogen-bond donors (Lipinski definition) is 2. The van der Waals surface area contributed by atoms with E-state index in [0.29, 0.717) is 50.3 Å². The highest BCUT2D eigenvalue weighted by Crippen LogP contribution is 2.22. The van der Waals surface area contributed by atoms with Crippen molar-refractivity contribution in [2.45, 2.75) is 19.4 Å². The number of nitrogens with one attached hydrogen (secondary N) is 2. The Hall–Kier alpha value is -2.74. The number of fused-ring (bicyclic) bond motifs is 1. The number of aromatic amines is 1. The molecule has 3 rings (SSSR count). The largest absolute Gasteiger partial charge is 0.385 e. The van der Waals surface area contributed by atoms with Crippen LogP contribution in [0.5, 0.6) is 0 Å². The first kappa shape index (κ1) is 18.1. The molecule has 26 heavy (non-hydrogen) atoms. The molecule has 7 nitrogen and oxygen atoms in total. The minimum Gasteiger partial charge on any atom is -0.385 e. The number of benzene rings is 1. The number of methoxy groups -OCH3 is 1. The summed E-state index contributed by atoms with van der Waals surface area (Å²) in [4.78, 5) is 26.6. The first-order chi connectivity index (χ1) is 12.6. The summed E-state index contributed by atoms with van der Waals surface area (Å²) in [5, 5.41) is 9.82. The number of halogens is 1. The fourth-order valence-corrected chi connectivity index (χ4v) is 2.93. The van der Waals surface area contributed by atoms with Crippen LogP contribution in [-0.4, -0.2) is 53.7 Å². The predicted molar refractivity (Wildman–Crippen MR) is 92.3 cm³/mol. The molecule has 1 aromatic carbocycles. The van der Waals surface area contributed by atoms with Crippen molar-refractivity contribution >= 4 is 11.8 Å². The Morgan fingerprint density at radius 3 is 2.85 bits per heavy atom. The summed E-state index contributed by atoms with van der Waals surface area (Å²) in [5.41, 5.74) is 2.34. The van der Waals surface area contributed by atoms with Gasteiger partial charge in [-0.2, -0.15) is 5.10 Å². The van der Waals surface area contributed by atoms with Crippen molar-refractivity contribution in [2.24, 2.45) is 0 Å². The maximum Gasteiger partial charge on any atom is 0.272 e. The summed E-state index contributed by atoms with van der Waals surface area (Å²) < 4.78 is 18.0. The van der Waals surface area contributed by atoms with E-state index in [1.54, 1.807) is 12.0 Å². The lowest BCUT2D eigenvalue weighted by Crippen LogP contribution is -2.37. The molecule has 0 fully saturated rings. The summed E-state index contributed by atoms with van der Waals surface area (Å²) in [6, 6.07) is 5.46. The number of ether oxygens (including phenoxy) is 1. The van der Waals surface area contributed by atoms with Gasteiger partial charge < -0.3 is 15.0 Å². The molecule has 2 heterocycles. The van der Waals surface area contributed by atoms with Crippen LogP contribution in [0.2, 0.25) is 0 Å². The second kappa shape index (κ2) is 8.09. The molecule has 1 aliphatic rings. The van der Waals surface area contributed by atoms with Crippen LogP contribution in [0.1, 0.15) is 38.5 Å². The molecule has 0 atom stereocenters. The molecule has 138 valence electrons. The SMILES string of the molecule is COCCCNC(=O)c1n[nH]c2c1CN(C(=O)c1ccc(F)cc1)CC2. The van der Waals surface area contributed by atoms with E-state index in [1.165, 1.54) is 24.3 Å². The van der Waals surface area contributed by atoms with E-state index in [-0.39, 0.29) is 17.6 Å². The number of carbonyl (C=O) groups is 2. The van der Waals surface area contributed by atoms with Gasteiger partial charge in [-0.3, -0.25) is 14.7 Å². The van der Waals surface area contributed by atoms with Gasteiger partial charge in [0.15, 0.2) is 5.69 Å². The van der Waals surface area contributed by atoms with E-state index in [1.807, 2.05) is 0 Å². The van der Waals surface area contributed by atoms with Gasteiger partial charge >= 0.3 is 0 Å². The number of rotatable bonds is 6. The Labute approximate surface area is 150 Å². The van der Waals surface area contributed by atoms with Crippen molar-refractivity contribution in [1.29, 1.82) is 0 Å². The number of carbonyl (C=O) groups excluding carboxylic acids is 2. The molecule has 2 N–H and O–H groups in total. The van der Waals surface area contributed by atoms with Gasteiger partial charge in [0.2, 0.25) is 0 Å². The van der Waals surface area contributed by atoms with Gasteiger partial charge in [-0.25, -0.2) is 4.39 Å². The highest BCUT2D eigenvalue weighted by atomic mass is 19.1. The molecule has 2 amide bonds. The first-order valence-electron chi connectivity index (χ1n) is 8.48. The number of aromatic nitrogens is 2. The molecule has 0 saturated heterocycles. The predicted octanol–water partition coefficient (Wildman–Crippen LogP) is 1.51. The number of H-pyrrole nitrogens is 1. The van der Waals surface area contributed by atoms with Crippen molar-refractivity contribution in [3.63, 3.8) is 0 Å². The lowest BCUT2D eigenvalue weighted by molar-refractivity contribution is 0.0731. The quantitative estimate of drug-likeness (QED) is 0.765. The maximum atomic E-state index is 13.1. The highest BCUT2D eigenvalue weighted by molar-refractivity contribution is 5.96. The van der Waals surface area contributed by atoms with Crippen molar-refractivity contribution < 1.29 is 18.7 Å². The van der Waals surface area contributed by atoms with Crippen molar-refractivity contribution in [2.75, 3.05) is 26.8 Å². The average molecular weight is 360 g/mol. The van der Waals surface area contributed by atoms with Crippen LogP contribution >= 0.6 is 0 Å². The zero-order valence-corrected chi connectivity index (χ0v) is 14.5. The molecule has 0 aliphatic carbocycles. The molecule has 0 unspecified atom stereocenters. The molecule has 0 radical (unpaired) electrons. The number of nitrogens with zero attached hydrogens (tertiary/aromatic N) is 2. The first-order valence-corrected chi connectivity index (χ1v) is 8.48. The van der Waals surface area contributed by atoms with E-state index in [0.717, 1.165) is 11.3 Å². The van der Waals surface area contributed by atoms with Gasteiger partial charge in [0, 0.05) is 50.0 Å². The third-order valence-electron chi connectivity index (χ3n) is 4.34. The Kier molecular flexibility index (Phi) is 5.62.